The Morgan fingerprint density at radius 2 is 1.78 bits per heavy atom. The van der Waals surface area contributed by atoms with E-state index < -0.39 is 5.91 Å². The topological polar surface area (TPSA) is 68.3 Å². The Balaban J connectivity index is 1.55. The highest BCUT2D eigenvalue weighted by atomic mass is 16.2. The largest absolute Gasteiger partial charge is 0.366 e. The molecule has 0 unspecified atom stereocenters. The van der Waals surface area contributed by atoms with Crippen LogP contribution in [0.25, 0.3) is 10.9 Å². The van der Waals surface area contributed by atoms with Crippen LogP contribution in [0, 0.1) is 0 Å². The number of nitrogens with two attached hydrogens (primary N) is 1. The molecular weight excluding hydrogens is 338 g/mol. The summed E-state index contributed by atoms with van der Waals surface area (Å²) in [6, 6.07) is 18.1. The summed E-state index contributed by atoms with van der Waals surface area (Å²) in [5.41, 5.74) is 8.08. The van der Waals surface area contributed by atoms with Crippen LogP contribution in [0.2, 0.25) is 0 Å². The molecule has 2 N–H and O–H groups in total. The lowest BCUT2D eigenvalue weighted by Crippen LogP contribution is -2.38. The minimum absolute atomic E-state index is 0.0882. The Morgan fingerprint density at radius 3 is 2.56 bits per heavy atom. The summed E-state index contributed by atoms with van der Waals surface area (Å²) in [7, 11) is 0. The molecule has 0 bridgehead atoms. The van der Waals surface area contributed by atoms with Gasteiger partial charge in [-0.2, -0.15) is 0 Å². The second-order valence-corrected chi connectivity index (χ2v) is 7.12. The van der Waals surface area contributed by atoms with Crippen molar-refractivity contribution in [1.82, 2.24) is 9.47 Å². The first kappa shape index (κ1) is 17.3. The molecule has 5 heteroatoms. The molecule has 4 rings (SSSR count). The summed E-state index contributed by atoms with van der Waals surface area (Å²) in [5, 5.41) is 0.792. The van der Waals surface area contributed by atoms with Crippen molar-refractivity contribution in [2.45, 2.75) is 31.8 Å². The normalized spacial score (nSPS) is 16.7. The lowest BCUT2D eigenvalue weighted by atomic mass is 10.0. The molecule has 2 amide bonds. The van der Waals surface area contributed by atoms with Crippen LogP contribution < -0.4 is 5.73 Å². The minimum atomic E-state index is -0.472. The van der Waals surface area contributed by atoms with Gasteiger partial charge in [0.1, 0.15) is 6.54 Å². The van der Waals surface area contributed by atoms with E-state index in [1.807, 2.05) is 51.9 Å². The molecule has 138 valence electrons. The van der Waals surface area contributed by atoms with E-state index in [1.54, 1.807) is 6.20 Å². The average molecular weight is 361 g/mol. The SMILES string of the molecule is NC(=O)c1cn(CC(=O)N2CCC[C@H]2Cc2ccccc2)c2ccccc12. The van der Waals surface area contributed by atoms with E-state index in [0.29, 0.717) is 5.56 Å². The molecule has 27 heavy (non-hydrogen) atoms. The third kappa shape index (κ3) is 3.45. The van der Waals surface area contributed by atoms with Gasteiger partial charge in [-0.15, -0.1) is 0 Å². The summed E-state index contributed by atoms with van der Waals surface area (Å²) in [4.78, 5) is 26.8. The number of likely N-dealkylation sites (tertiary alicyclic amines) is 1. The molecule has 1 fully saturated rings. The molecule has 1 atom stereocenters. The van der Waals surface area contributed by atoms with Crippen LogP contribution in [0.1, 0.15) is 28.8 Å². The number of benzene rings is 2. The first-order chi connectivity index (χ1) is 13.1. The fraction of sp³-hybridized carbons (Fsp3) is 0.273. The van der Waals surface area contributed by atoms with Gasteiger partial charge in [0.2, 0.25) is 5.91 Å². The van der Waals surface area contributed by atoms with Gasteiger partial charge < -0.3 is 15.2 Å². The van der Waals surface area contributed by atoms with Gasteiger partial charge in [-0.25, -0.2) is 0 Å². The lowest BCUT2D eigenvalue weighted by Gasteiger charge is -2.25. The van der Waals surface area contributed by atoms with Crippen molar-refractivity contribution in [3.63, 3.8) is 0 Å². The van der Waals surface area contributed by atoms with Gasteiger partial charge in [0.15, 0.2) is 0 Å². The number of fused-ring (bicyclic) bond motifs is 1. The molecule has 1 aliphatic heterocycles. The highest BCUT2D eigenvalue weighted by molar-refractivity contribution is 6.06. The maximum atomic E-state index is 13.0. The standard InChI is InChI=1S/C22H23N3O2/c23-22(27)19-14-24(20-11-5-4-10-18(19)20)15-21(26)25-12-6-9-17(25)13-16-7-2-1-3-8-16/h1-5,7-8,10-11,14,17H,6,9,12-13,15H2,(H2,23,27)/t17-/m0/s1. The average Bonchev–Trinajstić information content (AvgIpc) is 3.28. The molecule has 1 aliphatic rings. The summed E-state index contributed by atoms with van der Waals surface area (Å²) in [6.07, 6.45) is 4.64. The smallest absolute Gasteiger partial charge is 0.250 e. The number of carbonyl (C=O) groups excluding carboxylic acids is 2. The fourth-order valence-corrected chi connectivity index (χ4v) is 4.07. The van der Waals surface area contributed by atoms with E-state index in [0.717, 1.165) is 36.7 Å². The van der Waals surface area contributed by atoms with Gasteiger partial charge in [0, 0.05) is 29.7 Å². The van der Waals surface area contributed by atoms with Crippen LogP contribution in [0.3, 0.4) is 0 Å². The second-order valence-electron chi connectivity index (χ2n) is 7.12. The Morgan fingerprint density at radius 1 is 1.04 bits per heavy atom. The molecule has 1 aromatic heterocycles. The number of aromatic nitrogens is 1. The quantitative estimate of drug-likeness (QED) is 0.759. The predicted octanol–water partition coefficient (Wildman–Crippen LogP) is 2.97. The highest BCUT2D eigenvalue weighted by Gasteiger charge is 2.29. The number of hydrogen-bond acceptors (Lipinski definition) is 2. The highest BCUT2D eigenvalue weighted by Crippen LogP contribution is 2.24. The maximum Gasteiger partial charge on any atom is 0.250 e. The Hall–Kier alpha value is -3.08. The number of amides is 2. The van der Waals surface area contributed by atoms with Crippen molar-refractivity contribution >= 4 is 22.7 Å². The first-order valence-corrected chi connectivity index (χ1v) is 9.34. The summed E-state index contributed by atoms with van der Waals surface area (Å²) in [5.74, 6) is -0.384. The fourth-order valence-electron chi connectivity index (χ4n) is 4.07. The van der Waals surface area contributed by atoms with E-state index in [1.165, 1.54) is 5.56 Å². The predicted molar refractivity (Wildman–Crippen MR) is 105 cm³/mol. The Kier molecular flexibility index (Phi) is 4.67. The molecule has 5 nitrogen and oxygen atoms in total. The zero-order valence-corrected chi connectivity index (χ0v) is 15.2. The van der Waals surface area contributed by atoms with E-state index in [2.05, 4.69) is 12.1 Å². The monoisotopic (exact) mass is 361 g/mol. The molecule has 0 aliphatic carbocycles. The van der Waals surface area contributed by atoms with Crippen LogP contribution >= 0.6 is 0 Å². The van der Waals surface area contributed by atoms with Crippen molar-refractivity contribution in [2.24, 2.45) is 5.73 Å². The Bertz CT molecular complexity index is 978. The van der Waals surface area contributed by atoms with Crippen molar-refractivity contribution in [2.75, 3.05) is 6.54 Å². The van der Waals surface area contributed by atoms with Gasteiger partial charge in [-0.1, -0.05) is 48.5 Å². The molecule has 0 saturated carbocycles. The van der Waals surface area contributed by atoms with E-state index in [-0.39, 0.29) is 18.5 Å². The number of hydrogen-bond donors (Lipinski definition) is 1. The number of primary amides is 1. The van der Waals surface area contributed by atoms with Crippen LogP contribution in [0.5, 0.6) is 0 Å². The lowest BCUT2D eigenvalue weighted by molar-refractivity contribution is -0.132. The third-order valence-corrected chi connectivity index (χ3v) is 5.37. The van der Waals surface area contributed by atoms with Crippen LogP contribution in [-0.2, 0) is 17.8 Å². The molecule has 0 spiro atoms. The van der Waals surface area contributed by atoms with Crippen LogP contribution in [-0.4, -0.2) is 33.9 Å². The first-order valence-electron chi connectivity index (χ1n) is 9.34. The number of nitrogens with zero attached hydrogens (tertiary/aromatic N) is 2. The molecule has 2 heterocycles. The van der Waals surface area contributed by atoms with Gasteiger partial charge in [0.05, 0.1) is 5.56 Å². The number of para-hydroxylation sites is 1. The van der Waals surface area contributed by atoms with Gasteiger partial charge in [-0.3, -0.25) is 9.59 Å². The van der Waals surface area contributed by atoms with E-state index in [9.17, 15) is 9.59 Å². The summed E-state index contributed by atoms with van der Waals surface area (Å²) < 4.78 is 1.84. The van der Waals surface area contributed by atoms with Gasteiger partial charge >= 0.3 is 0 Å². The zero-order chi connectivity index (χ0) is 18.8. The van der Waals surface area contributed by atoms with Crippen molar-refractivity contribution < 1.29 is 9.59 Å². The number of carbonyl (C=O) groups is 2. The molecule has 2 aromatic carbocycles. The number of rotatable bonds is 5. The Labute approximate surface area is 158 Å². The van der Waals surface area contributed by atoms with Crippen LogP contribution in [0.4, 0.5) is 0 Å². The van der Waals surface area contributed by atoms with Crippen molar-refractivity contribution in [3.05, 3.63) is 71.9 Å². The molecule has 0 radical (unpaired) electrons. The molecule has 3 aromatic rings. The van der Waals surface area contributed by atoms with Crippen LogP contribution in [0.15, 0.2) is 60.8 Å². The van der Waals surface area contributed by atoms with Gasteiger partial charge in [0.25, 0.3) is 5.91 Å². The summed E-state index contributed by atoms with van der Waals surface area (Å²) >= 11 is 0. The molecular formula is C22H23N3O2. The van der Waals surface area contributed by atoms with E-state index >= 15 is 0 Å². The maximum absolute atomic E-state index is 13.0. The second kappa shape index (κ2) is 7.27. The third-order valence-electron chi connectivity index (χ3n) is 5.37. The van der Waals surface area contributed by atoms with Crippen molar-refractivity contribution in [1.29, 1.82) is 0 Å². The van der Waals surface area contributed by atoms with Crippen molar-refractivity contribution in [3.8, 4) is 0 Å². The summed E-state index contributed by atoms with van der Waals surface area (Å²) in [6.45, 7) is 1.01. The van der Waals surface area contributed by atoms with Gasteiger partial charge in [-0.05, 0) is 30.9 Å². The minimum Gasteiger partial charge on any atom is -0.366 e. The zero-order valence-electron chi connectivity index (χ0n) is 15.2. The molecule has 1 saturated heterocycles. The van der Waals surface area contributed by atoms with E-state index in [4.69, 9.17) is 5.73 Å².